The normalized spacial score (nSPS) is 8.67. The minimum Gasteiger partial charge on any atom is -0.390 e. The maximum atomic E-state index is 8.48. The predicted octanol–water partition coefficient (Wildman–Crippen LogP) is 0.632. The van der Waals surface area contributed by atoms with Gasteiger partial charge in [0.1, 0.15) is 5.82 Å². The van der Waals surface area contributed by atoms with Crippen LogP contribution in [0.2, 0.25) is 0 Å². The minimum atomic E-state index is 0. The summed E-state index contributed by atoms with van der Waals surface area (Å²) < 4.78 is 0. The molecular weight excluding hydrogens is 140 g/mol. The molecule has 0 aliphatic heterocycles. The number of hydrogen-bond acceptors (Lipinski definition) is 2. The summed E-state index contributed by atoms with van der Waals surface area (Å²) in [6, 6.07) is 0. The lowest BCUT2D eigenvalue weighted by Gasteiger charge is -1.81. The number of aryl methyl sites for hydroxylation is 1. The van der Waals surface area contributed by atoms with Gasteiger partial charge < -0.3 is 10.1 Å². The average Bonchev–Trinajstić information content (AvgIpc) is 2.14. The van der Waals surface area contributed by atoms with Crippen LogP contribution in [0.15, 0.2) is 6.20 Å². The van der Waals surface area contributed by atoms with Crippen LogP contribution in [0.3, 0.4) is 0 Å². The van der Waals surface area contributed by atoms with Crippen molar-refractivity contribution in [2.24, 2.45) is 0 Å². The first-order chi connectivity index (χ1) is 3.83. The SMILES string of the molecule is Cc1ncc(CO)[nH]1.Cl. The molecular formula is C5H9ClN2O. The lowest BCUT2D eigenvalue weighted by molar-refractivity contribution is 0.277. The van der Waals surface area contributed by atoms with Crippen molar-refractivity contribution in [3.05, 3.63) is 17.7 Å². The molecule has 0 aliphatic carbocycles. The number of imidazole rings is 1. The Morgan fingerprint density at radius 1 is 1.78 bits per heavy atom. The first-order valence-electron chi connectivity index (χ1n) is 2.44. The fraction of sp³-hybridized carbons (Fsp3) is 0.400. The van der Waals surface area contributed by atoms with Crippen LogP contribution in [-0.4, -0.2) is 15.1 Å². The molecule has 0 saturated heterocycles. The number of H-pyrrole nitrogens is 1. The highest BCUT2D eigenvalue weighted by Gasteiger charge is 1.90. The topological polar surface area (TPSA) is 48.9 Å². The van der Waals surface area contributed by atoms with Crippen molar-refractivity contribution in [1.29, 1.82) is 0 Å². The molecule has 1 aromatic rings. The number of aliphatic hydroxyl groups is 1. The Bertz CT molecular complexity index is 175. The molecule has 0 aliphatic rings. The summed E-state index contributed by atoms with van der Waals surface area (Å²) in [5, 5.41) is 8.48. The Labute approximate surface area is 59.5 Å². The quantitative estimate of drug-likeness (QED) is 0.614. The van der Waals surface area contributed by atoms with Gasteiger partial charge in [-0.05, 0) is 6.92 Å². The van der Waals surface area contributed by atoms with E-state index in [0.717, 1.165) is 11.5 Å². The highest BCUT2D eigenvalue weighted by molar-refractivity contribution is 5.85. The molecule has 1 heterocycles. The molecule has 3 nitrogen and oxygen atoms in total. The van der Waals surface area contributed by atoms with Gasteiger partial charge in [-0.2, -0.15) is 0 Å². The maximum absolute atomic E-state index is 8.48. The van der Waals surface area contributed by atoms with Gasteiger partial charge in [-0.1, -0.05) is 0 Å². The first-order valence-corrected chi connectivity index (χ1v) is 2.44. The van der Waals surface area contributed by atoms with Gasteiger partial charge in [0, 0.05) is 0 Å². The highest BCUT2D eigenvalue weighted by Crippen LogP contribution is 1.92. The van der Waals surface area contributed by atoms with Crippen molar-refractivity contribution in [1.82, 2.24) is 9.97 Å². The molecule has 0 bridgehead atoms. The standard InChI is InChI=1S/C5H8N2O.ClH/c1-4-6-2-5(3-8)7-4;/h2,8H,3H2,1H3,(H,6,7);1H. The van der Waals surface area contributed by atoms with Gasteiger partial charge in [0.05, 0.1) is 18.5 Å². The highest BCUT2D eigenvalue weighted by atomic mass is 35.5. The number of halogens is 1. The smallest absolute Gasteiger partial charge is 0.103 e. The number of rotatable bonds is 1. The van der Waals surface area contributed by atoms with Gasteiger partial charge in [-0.25, -0.2) is 4.98 Å². The second-order valence-corrected chi connectivity index (χ2v) is 1.65. The van der Waals surface area contributed by atoms with Crippen LogP contribution in [0.5, 0.6) is 0 Å². The molecule has 9 heavy (non-hydrogen) atoms. The molecule has 0 amide bonds. The summed E-state index contributed by atoms with van der Waals surface area (Å²) in [6.45, 7) is 1.89. The molecule has 0 fully saturated rings. The van der Waals surface area contributed by atoms with Gasteiger partial charge >= 0.3 is 0 Å². The number of hydrogen-bond donors (Lipinski definition) is 2. The summed E-state index contributed by atoms with van der Waals surface area (Å²) in [5.41, 5.74) is 0.766. The Balaban J connectivity index is 0.000000640. The fourth-order valence-corrected chi connectivity index (χ4v) is 0.552. The maximum Gasteiger partial charge on any atom is 0.103 e. The van der Waals surface area contributed by atoms with Crippen LogP contribution in [0.25, 0.3) is 0 Å². The number of aromatic amines is 1. The second kappa shape index (κ2) is 3.48. The Morgan fingerprint density at radius 2 is 2.44 bits per heavy atom. The van der Waals surface area contributed by atoms with Gasteiger partial charge in [0.25, 0.3) is 0 Å². The van der Waals surface area contributed by atoms with Crippen LogP contribution in [0.1, 0.15) is 11.5 Å². The zero-order chi connectivity index (χ0) is 5.98. The molecule has 0 aromatic carbocycles. The van der Waals surface area contributed by atoms with Crippen LogP contribution in [-0.2, 0) is 6.61 Å². The van der Waals surface area contributed by atoms with E-state index in [9.17, 15) is 0 Å². The lowest BCUT2D eigenvalue weighted by Crippen LogP contribution is -1.80. The summed E-state index contributed by atoms with van der Waals surface area (Å²) >= 11 is 0. The third-order valence-electron chi connectivity index (χ3n) is 0.926. The molecule has 1 rings (SSSR count). The lowest BCUT2D eigenvalue weighted by atomic mass is 10.5. The zero-order valence-corrected chi connectivity index (χ0v) is 5.90. The van der Waals surface area contributed by atoms with E-state index in [-0.39, 0.29) is 19.0 Å². The summed E-state index contributed by atoms with van der Waals surface area (Å²) in [6.07, 6.45) is 1.62. The molecule has 0 spiro atoms. The van der Waals surface area contributed by atoms with Crippen molar-refractivity contribution in [2.45, 2.75) is 13.5 Å². The van der Waals surface area contributed by atoms with Gasteiger partial charge in [-0.3, -0.25) is 0 Å². The molecule has 0 saturated carbocycles. The van der Waals surface area contributed by atoms with E-state index in [4.69, 9.17) is 5.11 Å². The van der Waals surface area contributed by atoms with E-state index in [1.54, 1.807) is 6.20 Å². The van der Waals surface area contributed by atoms with Crippen LogP contribution in [0.4, 0.5) is 0 Å². The number of nitrogens with one attached hydrogen (secondary N) is 1. The third-order valence-corrected chi connectivity index (χ3v) is 0.926. The Kier molecular flexibility index (Phi) is 3.27. The van der Waals surface area contributed by atoms with E-state index in [2.05, 4.69) is 9.97 Å². The second-order valence-electron chi connectivity index (χ2n) is 1.65. The number of aromatic nitrogens is 2. The van der Waals surface area contributed by atoms with Gasteiger partial charge in [0.15, 0.2) is 0 Å². The van der Waals surface area contributed by atoms with Crippen molar-refractivity contribution < 1.29 is 5.11 Å². The first kappa shape index (κ1) is 8.46. The monoisotopic (exact) mass is 148 g/mol. The van der Waals surface area contributed by atoms with Crippen LogP contribution in [0, 0.1) is 6.92 Å². The van der Waals surface area contributed by atoms with E-state index in [1.807, 2.05) is 6.92 Å². The largest absolute Gasteiger partial charge is 0.390 e. The molecule has 4 heteroatoms. The average molecular weight is 149 g/mol. The minimum absolute atomic E-state index is 0. The van der Waals surface area contributed by atoms with Crippen molar-refractivity contribution in [3.63, 3.8) is 0 Å². The van der Waals surface area contributed by atoms with E-state index >= 15 is 0 Å². The fourth-order valence-electron chi connectivity index (χ4n) is 0.552. The summed E-state index contributed by atoms with van der Waals surface area (Å²) in [7, 11) is 0. The van der Waals surface area contributed by atoms with Crippen LogP contribution < -0.4 is 0 Å². The molecule has 0 unspecified atom stereocenters. The van der Waals surface area contributed by atoms with Crippen molar-refractivity contribution in [3.8, 4) is 0 Å². The van der Waals surface area contributed by atoms with E-state index in [1.165, 1.54) is 0 Å². The number of aliphatic hydroxyl groups excluding tert-OH is 1. The number of nitrogens with zero attached hydrogens (tertiary/aromatic N) is 1. The molecule has 0 atom stereocenters. The zero-order valence-electron chi connectivity index (χ0n) is 5.09. The molecule has 0 radical (unpaired) electrons. The molecule has 1 aromatic heterocycles. The van der Waals surface area contributed by atoms with Crippen molar-refractivity contribution in [2.75, 3.05) is 0 Å². The predicted molar refractivity (Wildman–Crippen MR) is 36.5 cm³/mol. The molecule has 2 N–H and O–H groups in total. The Morgan fingerprint density at radius 3 is 2.67 bits per heavy atom. The summed E-state index contributed by atoms with van der Waals surface area (Å²) in [5.74, 6) is 0.842. The third kappa shape index (κ3) is 2.03. The van der Waals surface area contributed by atoms with E-state index in [0.29, 0.717) is 0 Å². The Hall–Kier alpha value is -0.540. The van der Waals surface area contributed by atoms with Gasteiger partial charge in [-0.15, -0.1) is 12.4 Å². The van der Waals surface area contributed by atoms with Crippen molar-refractivity contribution >= 4 is 12.4 Å². The van der Waals surface area contributed by atoms with E-state index < -0.39 is 0 Å². The van der Waals surface area contributed by atoms with Gasteiger partial charge in [0.2, 0.25) is 0 Å². The molecule has 52 valence electrons. The van der Waals surface area contributed by atoms with Crippen LogP contribution >= 0.6 is 12.4 Å². The summed E-state index contributed by atoms with van der Waals surface area (Å²) in [4.78, 5) is 6.74.